The van der Waals surface area contributed by atoms with Crippen LogP contribution in [0.3, 0.4) is 0 Å². The van der Waals surface area contributed by atoms with E-state index in [1.54, 1.807) is 7.11 Å². The first-order chi connectivity index (χ1) is 8.60. The number of nitrogens with two attached hydrogens (primary N) is 1. The monoisotopic (exact) mass is 247 g/mol. The average Bonchev–Trinajstić information content (AvgIpc) is 2.65. The zero-order chi connectivity index (χ0) is 13.2. The third-order valence-electron chi connectivity index (χ3n) is 3.59. The van der Waals surface area contributed by atoms with Crippen molar-refractivity contribution >= 4 is 5.96 Å². The fourth-order valence-electron chi connectivity index (χ4n) is 2.65. The molecule has 1 aromatic carbocycles. The van der Waals surface area contributed by atoms with E-state index in [0.29, 0.717) is 5.96 Å². The van der Waals surface area contributed by atoms with Crippen molar-refractivity contribution in [1.29, 1.82) is 0 Å². The molecule has 4 nitrogen and oxygen atoms in total. The van der Waals surface area contributed by atoms with E-state index < -0.39 is 0 Å². The topological polar surface area (TPSA) is 50.8 Å². The zero-order valence-electron chi connectivity index (χ0n) is 11.3. The van der Waals surface area contributed by atoms with Crippen molar-refractivity contribution in [3.05, 3.63) is 29.8 Å². The zero-order valence-corrected chi connectivity index (χ0v) is 11.3. The van der Waals surface area contributed by atoms with Gasteiger partial charge in [-0.25, -0.2) is 0 Å². The van der Waals surface area contributed by atoms with Gasteiger partial charge in [-0.3, -0.25) is 4.99 Å². The van der Waals surface area contributed by atoms with E-state index in [2.05, 4.69) is 29.8 Å². The molecule has 0 fully saturated rings. The van der Waals surface area contributed by atoms with Gasteiger partial charge in [-0.15, -0.1) is 0 Å². The molecule has 1 atom stereocenters. The van der Waals surface area contributed by atoms with Crippen molar-refractivity contribution in [2.24, 2.45) is 10.7 Å². The smallest absolute Gasteiger partial charge is 0.191 e. The summed E-state index contributed by atoms with van der Waals surface area (Å²) in [4.78, 5) is 6.54. The number of rotatable bonds is 4. The number of hydrogen-bond donors (Lipinski definition) is 1. The van der Waals surface area contributed by atoms with Crippen molar-refractivity contribution in [2.45, 2.75) is 25.8 Å². The highest BCUT2D eigenvalue weighted by Gasteiger charge is 2.37. The summed E-state index contributed by atoms with van der Waals surface area (Å²) >= 11 is 0. The molecule has 98 valence electrons. The van der Waals surface area contributed by atoms with Crippen LogP contribution in [0.1, 0.15) is 19.4 Å². The minimum atomic E-state index is -0.0481. The van der Waals surface area contributed by atoms with Gasteiger partial charge in [0.2, 0.25) is 0 Å². The van der Waals surface area contributed by atoms with Gasteiger partial charge in [0.05, 0.1) is 19.2 Å². The molecule has 4 heteroatoms. The second-order valence-corrected chi connectivity index (χ2v) is 4.90. The van der Waals surface area contributed by atoms with E-state index in [1.807, 2.05) is 18.2 Å². The second-order valence-electron chi connectivity index (χ2n) is 4.90. The average molecular weight is 247 g/mol. The lowest BCUT2D eigenvalue weighted by Crippen LogP contribution is -2.50. The number of aliphatic imine (C=N–C) groups is 1. The maximum atomic E-state index is 5.93. The van der Waals surface area contributed by atoms with Crippen LogP contribution >= 0.6 is 0 Å². The summed E-state index contributed by atoms with van der Waals surface area (Å²) in [5.41, 5.74) is 7.09. The molecular formula is C14H21N3O. The largest absolute Gasteiger partial charge is 0.496 e. The number of methoxy groups -OCH3 is 1. The summed E-state index contributed by atoms with van der Waals surface area (Å²) in [7, 11) is 1.71. The molecule has 0 bridgehead atoms. The van der Waals surface area contributed by atoms with Crippen LogP contribution in [0.2, 0.25) is 0 Å². The molecule has 0 amide bonds. The SMILES string of the molecule is CCN1C(N)=NCC1(C)Cc1ccccc1OC. The molecule has 0 radical (unpaired) electrons. The normalized spacial score (nSPS) is 23.1. The first kappa shape index (κ1) is 12.7. The maximum Gasteiger partial charge on any atom is 0.191 e. The van der Waals surface area contributed by atoms with Gasteiger partial charge in [-0.05, 0) is 25.5 Å². The third kappa shape index (κ3) is 2.15. The first-order valence-electron chi connectivity index (χ1n) is 6.30. The Morgan fingerprint density at radius 1 is 1.44 bits per heavy atom. The molecule has 0 saturated heterocycles. The molecule has 1 aromatic rings. The van der Waals surface area contributed by atoms with Crippen LogP contribution in [0.15, 0.2) is 29.3 Å². The quantitative estimate of drug-likeness (QED) is 0.880. The number of nitrogens with zero attached hydrogens (tertiary/aromatic N) is 2. The fraction of sp³-hybridized carbons (Fsp3) is 0.500. The van der Waals surface area contributed by atoms with Gasteiger partial charge in [0.1, 0.15) is 5.75 Å². The Balaban J connectivity index is 2.23. The molecule has 0 saturated carbocycles. The van der Waals surface area contributed by atoms with Gasteiger partial charge in [0, 0.05) is 13.0 Å². The van der Waals surface area contributed by atoms with E-state index in [4.69, 9.17) is 10.5 Å². The lowest BCUT2D eigenvalue weighted by molar-refractivity contribution is 0.228. The van der Waals surface area contributed by atoms with Crippen LogP contribution in [-0.2, 0) is 6.42 Å². The van der Waals surface area contributed by atoms with Gasteiger partial charge in [0.25, 0.3) is 0 Å². The van der Waals surface area contributed by atoms with Gasteiger partial charge < -0.3 is 15.4 Å². The van der Waals surface area contributed by atoms with Crippen LogP contribution in [0.25, 0.3) is 0 Å². The minimum absolute atomic E-state index is 0.0481. The van der Waals surface area contributed by atoms with Crippen LogP contribution in [0.4, 0.5) is 0 Å². The van der Waals surface area contributed by atoms with E-state index >= 15 is 0 Å². The summed E-state index contributed by atoms with van der Waals surface area (Å²) in [6.45, 7) is 5.92. The van der Waals surface area contributed by atoms with E-state index in [0.717, 1.165) is 25.3 Å². The Labute approximate surface area is 108 Å². The van der Waals surface area contributed by atoms with Crippen LogP contribution in [-0.4, -0.2) is 36.6 Å². The lowest BCUT2D eigenvalue weighted by atomic mass is 9.91. The Hall–Kier alpha value is -1.71. The molecular weight excluding hydrogens is 226 g/mol. The first-order valence-corrected chi connectivity index (χ1v) is 6.30. The number of likely N-dealkylation sites (N-methyl/N-ethyl adjacent to an activating group) is 1. The second kappa shape index (κ2) is 4.88. The van der Waals surface area contributed by atoms with Crippen molar-refractivity contribution in [3.63, 3.8) is 0 Å². The Morgan fingerprint density at radius 2 is 2.17 bits per heavy atom. The molecule has 1 aliphatic heterocycles. The standard InChI is InChI=1S/C14H21N3O/c1-4-17-13(15)16-10-14(17,2)9-11-7-5-6-8-12(11)18-3/h5-8H,4,9-10H2,1-3H3,(H2,15,16). The molecule has 1 unspecified atom stereocenters. The number of guanidine groups is 1. The number of ether oxygens (including phenoxy) is 1. The van der Waals surface area contributed by atoms with E-state index in [1.165, 1.54) is 5.56 Å². The molecule has 0 spiro atoms. The highest BCUT2D eigenvalue weighted by atomic mass is 16.5. The molecule has 2 rings (SSSR count). The van der Waals surface area contributed by atoms with Crippen LogP contribution in [0, 0.1) is 0 Å². The summed E-state index contributed by atoms with van der Waals surface area (Å²) in [6.07, 6.45) is 0.884. The molecule has 1 heterocycles. The molecule has 1 aliphatic rings. The predicted octanol–water partition coefficient (Wildman–Crippen LogP) is 1.65. The summed E-state index contributed by atoms with van der Waals surface area (Å²) in [6, 6.07) is 8.12. The minimum Gasteiger partial charge on any atom is -0.496 e. The summed E-state index contributed by atoms with van der Waals surface area (Å²) in [5.74, 6) is 1.58. The van der Waals surface area contributed by atoms with Crippen molar-refractivity contribution in [2.75, 3.05) is 20.2 Å². The molecule has 18 heavy (non-hydrogen) atoms. The highest BCUT2D eigenvalue weighted by molar-refractivity contribution is 5.81. The highest BCUT2D eigenvalue weighted by Crippen LogP contribution is 2.29. The van der Waals surface area contributed by atoms with Crippen LogP contribution in [0.5, 0.6) is 5.75 Å². The summed E-state index contributed by atoms with van der Waals surface area (Å²) in [5, 5.41) is 0. The van der Waals surface area contributed by atoms with Gasteiger partial charge in [-0.1, -0.05) is 18.2 Å². The van der Waals surface area contributed by atoms with Gasteiger partial charge in [-0.2, -0.15) is 0 Å². The predicted molar refractivity (Wildman–Crippen MR) is 74.0 cm³/mol. The Morgan fingerprint density at radius 3 is 2.83 bits per heavy atom. The number of para-hydroxylation sites is 1. The molecule has 0 aliphatic carbocycles. The molecule has 2 N–H and O–H groups in total. The Bertz CT molecular complexity index is 458. The Kier molecular flexibility index (Phi) is 3.45. The lowest BCUT2D eigenvalue weighted by Gasteiger charge is -2.35. The van der Waals surface area contributed by atoms with E-state index in [9.17, 15) is 0 Å². The van der Waals surface area contributed by atoms with Gasteiger partial charge >= 0.3 is 0 Å². The number of hydrogen-bond acceptors (Lipinski definition) is 4. The van der Waals surface area contributed by atoms with E-state index in [-0.39, 0.29) is 5.54 Å². The summed E-state index contributed by atoms with van der Waals surface area (Å²) < 4.78 is 5.41. The van der Waals surface area contributed by atoms with Gasteiger partial charge in [0.15, 0.2) is 5.96 Å². The maximum absolute atomic E-state index is 5.93. The van der Waals surface area contributed by atoms with Crippen molar-refractivity contribution in [3.8, 4) is 5.75 Å². The van der Waals surface area contributed by atoms with Crippen molar-refractivity contribution in [1.82, 2.24) is 4.90 Å². The third-order valence-corrected chi connectivity index (χ3v) is 3.59. The number of benzene rings is 1. The fourth-order valence-corrected chi connectivity index (χ4v) is 2.65. The molecule has 0 aromatic heterocycles. The van der Waals surface area contributed by atoms with Crippen LogP contribution < -0.4 is 10.5 Å². The van der Waals surface area contributed by atoms with Crippen molar-refractivity contribution < 1.29 is 4.74 Å².